The highest BCUT2D eigenvalue weighted by molar-refractivity contribution is 6.05. The first-order chi connectivity index (χ1) is 13.6. The molecule has 1 aliphatic rings. The second-order valence-electron chi connectivity index (χ2n) is 7.81. The van der Waals surface area contributed by atoms with E-state index in [4.69, 9.17) is 0 Å². The van der Waals surface area contributed by atoms with E-state index >= 15 is 0 Å². The van der Waals surface area contributed by atoms with Crippen molar-refractivity contribution < 1.29 is 4.79 Å². The molecule has 1 aliphatic carbocycles. The third-order valence-corrected chi connectivity index (χ3v) is 5.30. The van der Waals surface area contributed by atoms with Crippen molar-refractivity contribution in [1.82, 2.24) is 9.88 Å². The average Bonchev–Trinajstić information content (AvgIpc) is 2.68. The largest absolute Gasteiger partial charge is 0.323 e. The molecular weight excluding hydrogens is 348 g/mol. The summed E-state index contributed by atoms with van der Waals surface area (Å²) in [6.45, 7) is 1.13. The molecule has 0 saturated carbocycles. The highest BCUT2D eigenvalue weighted by Crippen LogP contribution is 2.28. The number of carbonyl (C=O) groups excluding carboxylic acids is 1. The molecule has 0 bridgehead atoms. The lowest BCUT2D eigenvalue weighted by atomic mass is 9.83. The summed E-state index contributed by atoms with van der Waals surface area (Å²) in [6, 6.07) is 15.7. The van der Waals surface area contributed by atoms with E-state index in [9.17, 15) is 4.79 Å². The standard InChI is InChI=1S/C23H26N4O/c1-27(2)15-16-8-9-19-14-20(11-10-18(19)13-16)25-23(28)26-21-7-3-5-17-6-4-12-24-22(17)21/h3-7,10-12,14,16H,8-9,13,15H2,1-2H3,(H2,25,26,28). The van der Waals surface area contributed by atoms with Gasteiger partial charge in [0.05, 0.1) is 11.2 Å². The number of benzene rings is 2. The molecule has 2 N–H and O–H groups in total. The number of hydrogen-bond donors (Lipinski definition) is 2. The Morgan fingerprint density at radius 1 is 1.11 bits per heavy atom. The molecule has 28 heavy (non-hydrogen) atoms. The Kier molecular flexibility index (Phi) is 5.26. The van der Waals surface area contributed by atoms with Crippen LogP contribution in [0.15, 0.2) is 54.7 Å². The van der Waals surface area contributed by atoms with Gasteiger partial charge < -0.3 is 15.5 Å². The van der Waals surface area contributed by atoms with Crippen LogP contribution >= 0.6 is 0 Å². The second-order valence-corrected chi connectivity index (χ2v) is 7.81. The zero-order chi connectivity index (χ0) is 19.5. The van der Waals surface area contributed by atoms with E-state index in [1.54, 1.807) is 6.20 Å². The van der Waals surface area contributed by atoms with Crippen LogP contribution in [-0.2, 0) is 12.8 Å². The van der Waals surface area contributed by atoms with Gasteiger partial charge >= 0.3 is 6.03 Å². The van der Waals surface area contributed by atoms with E-state index in [0.717, 1.165) is 36.0 Å². The molecule has 5 nitrogen and oxygen atoms in total. The van der Waals surface area contributed by atoms with Crippen molar-refractivity contribution in [2.45, 2.75) is 19.3 Å². The number of para-hydroxylation sites is 1. The summed E-state index contributed by atoms with van der Waals surface area (Å²) in [7, 11) is 4.26. The topological polar surface area (TPSA) is 57.3 Å². The predicted octanol–water partition coefficient (Wildman–Crippen LogP) is 4.55. The number of aromatic nitrogens is 1. The number of fused-ring (bicyclic) bond motifs is 2. The van der Waals surface area contributed by atoms with Crippen molar-refractivity contribution in [3.05, 3.63) is 65.9 Å². The van der Waals surface area contributed by atoms with Crippen molar-refractivity contribution in [2.24, 2.45) is 5.92 Å². The summed E-state index contributed by atoms with van der Waals surface area (Å²) in [5.41, 5.74) is 5.08. The summed E-state index contributed by atoms with van der Waals surface area (Å²) in [5.74, 6) is 0.712. The van der Waals surface area contributed by atoms with Crippen molar-refractivity contribution in [3.63, 3.8) is 0 Å². The van der Waals surface area contributed by atoms with Gasteiger partial charge in [-0.1, -0.05) is 24.3 Å². The molecule has 2 amide bonds. The number of anilines is 2. The summed E-state index contributed by atoms with van der Waals surface area (Å²) < 4.78 is 0. The minimum atomic E-state index is -0.251. The van der Waals surface area contributed by atoms with Crippen LogP contribution in [0.3, 0.4) is 0 Å². The predicted molar refractivity (Wildman–Crippen MR) is 115 cm³/mol. The van der Waals surface area contributed by atoms with Gasteiger partial charge in [-0.05, 0) is 74.7 Å². The minimum absolute atomic E-state index is 0.251. The van der Waals surface area contributed by atoms with Gasteiger partial charge in [-0.25, -0.2) is 4.79 Å². The molecule has 0 spiro atoms. The number of pyridine rings is 1. The maximum atomic E-state index is 12.5. The lowest BCUT2D eigenvalue weighted by Crippen LogP contribution is -2.26. The Morgan fingerprint density at radius 2 is 1.96 bits per heavy atom. The number of urea groups is 1. The first-order valence-electron chi connectivity index (χ1n) is 9.77. The Bertz CT molecular complexity index is 994. The molecule has 3 aromatic rings. The van der Waals surface area contributed by atoms with Gasteiger partial charge in [0.25, 0.3) is 0 Å². The van der Waals surface area contributed by atoms with Gasteiger partial charge in [0, 0.05) is 23.8 Å². The Labute approximate surface area is 165 Å². The third-order valence-electron chi connectivity index (χ3n) is 5.30. The van der Waals surface area contributed by atoms with E-state index in [1.165, 1.54) is 17.5 Å². The zero-order valence-electron chi connectivity index (χ0n) is 16.4. The van der Waals surface area contributed by atoms with E-state index in [-0.39, 0.29) is 6.03 Å². The molecule has 1 aromatic heterocycles. The number of nitrogens with zero attached hydrogens (tertiary/aromatic N) is 2. The molecule has 1 heterocycles. The fourth-order valence-corrected chi connectivity index (χ4v) is 4.07. The SMILES string of the molecule is CN(C)CC1CCc2cc(NC(=O)Nc3cccc4cccnc34)ccc2C1. The summed E-state index contributed by atoms with van der Waals surface area (Å²) >= 11 is 0. The average molecular weight is 374 g/mol. The van der Waals surface area contributed by atoms with Crippen molar-refractivity contribution >= 4 is 28.3 Å². The van der Waals surface area contributed by atoms with Crippen molar-refractivity contribution in [2.75, 3.05) is 31.3 Å². The van der Waals surface area contributed by atoms with E-state index in [1.807, 2.05) is 36.4 Å². The van der Waals surface area contributed by atoms with Gasteiger partial charge in [0.2, 0.25) is 0 Å². The molecule has 1 atom stereocenters. The lowest BCUT2D eigenvalue weighted by Gasteiger charge is -2.27. The number of hydrogen-bond acceptors (Lipinski definition) is 3. The second kappa shape index (κ2) is 7.98. The molecule has 0 saturated heterocycles. The minimum Gasteiger partial charge on any atom is -0.309 e. The van der Waals surface area contributed by atoms with Crippen LogP contribution in [0.1, 0.15) is 17.5 Å². The fourth-order valence-electron chi connectivity index (χ4n) is 4.07. The summed E-state index contributed by atoms with van der Waals surface area (Å²) in [6.07, 6.45) is 5.11. The highest BCUT2D eigenvalue weighted by atomic mass is 16.2. The van der Waals surface area contributed by atoms with Gasteiger partial charge in [0.15, 0.2) is 0 Å². The molecular formula is C23H26N4O. The Morgan fingerprint density at radius 3 is 2.82 bits per heavy atom. The molecule has 144 valence electrons. The van der Waals surface area contributed by atoms with Crippen LogP contribution in [0.25, 0.3) is 10.9 Å². The maximum absolute atomic E-state index is 12.5. The van der Waals surface area contributed by atoms with Gasteiger partial charge in [0.1, 0.15) is 0 Å². The molecule has 0 fully saturated rings. The van der Waals surface area contributed by atoms with Gasteiger partial charge in [-0.3, -0.25) is 4.98 Å². The van der Waals surface area contributed by atoms with E-state index in [2.05, 4.69) is 46.7 Å². The molecule has 0 aliphatic heterocycles. The molecule has 1 unspecified atom stereocenters. The highest BCUT2D eigenvalue weighted by Gasteiger charge is 2.19. The normalized spacial score (nSPS) is 16.0. The number of aryl methyl sites for hydroxylation is 1. The lowest BCUT2D eigenvalue weighted by molar-refractivity contribution is 0.262. The van der Waals surface area contributed by atoms with Gasteiger partial charge in [-0.2, -0.15) is 0 Å². The maximum Gasteiger partial charge on any atom is 0.323 e. The smallest absolute Gasteiger partial charge is 0.309 e. The van der Waals surface area contributed by atoms with Crippen LogP contribution in [-0.4, -0.2) is 36.6 Å². The Balaban J connectivity index is 1.44. The third kappa shape index (κ3) is 4.15. The molecule has 5 heteroatoms. The van der Waals surface area contributed by atoms with Crippen LogP contribution in [0.4, 0.5) is 16.2 Å². The first-order valence-corrected chi connectivity index (χ1v) is 9.77. The van der Waals surface area contributed by atoms with E-state index < -0.39 is 0 Å². The van der Waals surface area contributed by atoms with Gasteiger partial charge in [-0.15, -0.1) is 0 Å². The summed E-state index contributed by atoms with van der Waals surface area (Å²) in [5, 5.41) is 6.89. The Hall–Kier alpha value is -2.92. The summed E-state index contributed by atoms with van der Waals surface area (Å²) in [4.78, 5) is 19.2. The number of carbonyl (C=O) groups is 1. The molecule has 2 aromatic carbocycles. The van der Waals surface area contributed by atoms with Crippen LogP contribution < -0.4 is 10.6 Å². The fraction of sp³-hybridized carbons (Fsp3) is 0.304. The van der Waals surface area contributed by atoms with E-state index in [0.29, 0.717) is 11.6 Å². The molecule has 4 rings (SSSR count). The zero-order valence-corrected chi connectivity index (χ0v) is 16.4. The number of rotatable bonds is 4. The number of nitrogens with one attached hydrogen (secondary N) is 2. The van der Waals surface area contributed by atoms with Crippen LogP contribution in [0.2, 0.25) is 0 Å². The van der Waals surface area contributed by atoms with Crippen LogP contribution in [0.5, 0.6) is 0 Å². The molecule has 0 radical (unpaired) electrons. The van der Waals surface area contributed by atoms with Crippen LogP contribution in [0, 0.1) is 5.92 Å². The first kappa shape index (κ1) is 18.4. The van der Waals surface area contributed by atoms with Crippen molar-refractivity contribution in [1.29, 1.82) is 0 Å². The van der Waals surface area contributed by atoms with Crippen molar-refractivity contribution in [3.8, 4) is 0 Å². The number of amides is 2. The quantitative estimate of drug-likeness (QED) is 0.705. The monoisotopic (exact) mass is 374 g/mol.